The molecule has 6 atom stereocenters. The Balaban J connectivity index is 1.45. The van der Waals surface area contributed by atoms with E-state index in [9.17, 15) is 24.3 Å². The Hall–Kier alpha value is -2.89. The highest BCUT2D eigenvalue weighted by Crippen LogP contribution is 2.63. The highest BCUT2D eigenvalue weighted by atomic mass is 127. The van der Waals surface area contributed by atoms with Gasteiger partial charge < -0.3 is 9.84 Å². The van der Waals surface area contributed by atoms with Gasteiger partial charge in [-0.15, -0.1) is 23.2 Å². The molecule has 1 N–H and O–H groups in total. The minimum Gasteiger partial charge on any atom is -0.504 e. The molecule has 2 heterocycles. The summed E-state index contributed by atoms with van der Waals surface area (Å²) < 4.78 is 6.18. The van der Waals surface area contributed by atoms with Crippen LogP contribution in [0.1, 0.15) is 18.4 Å². The molecule has 212 valence electrons. The zero-order chi connectivity index (χ0) is 29.4. The number of carbonyl (C=O) groups is 4. The average molecular weight is 707 g/mol. The highest BCUT2D eigenvalue weighted by Gasteiger charge is 2.75. The van der Waals surface area contributed by atoms with Crippen molar-refractivity contribution in [1.29, 1.82) is 0 Å². The van der Waals surface area contributed by atoms with Gasteiger partial charge in [0, 0.05) is 16.5 Å². The number of amides is 4. The Morgan fingerprint density at radius 1 is 1.02 bits per heavy atom. The van der Waals surface area contributed by atoms with Crippen LogP contribution in [0.2, 0.25) is 0 Å². The van der Waals surface area contributed by atoms with Crippen LogP contribution in [0.5, 0.6) is 11.5 Å². The van der Waals surface area contributed by atoms with Gasteiger partial charge in [0.05, 0.1) is 24.6 Å². The van der Waals surface area contributed by atoms with E-state index in [4.69, 9.17) is 27.9 Å². The summed E-state index contributed by atoms with van der Waals surface area (Å²) in [4.78, 5) is 53.1. The summed E-state index contributed by atoms with van der Waals surface area (Å²) in [5.41, 5.74) is 1.85. The first-order chi connectivity index (χ1) is 19.4. The van der Waals surface area contributed by atoms with Gasteiger partial charge in [-0.1, -0.05) is 29.9 Å². The number of aromatic hydroxyl groups is 1. The number of alkyl halides is 2. The molecule has 6 rings (SSSR count). The lowest BCUT2D eigenvalue weighted by Crippen LogP contribution is -2.60. The number of halogens is 3. The predicted octanol–water partition coefficient (Wildman–Crippen LogP) is 4.74. The van der Waals surface area contributed by atoms with Crippen LogP contribution in [-0.4, -0.2) is 57.5 Å². The topological polar surface area (TPSA) is 104 Å². The second-order valence-electron chi connectivity index (χ2n) is 10.8. The lowest BCUT2D eigenvalue weighted by atomic mass is 9.57. The van der Waals surface area contributed by atoms with Gasteiger partial charge in [-0.05, 0) is 83.3 Å². The Morgan fingerprint density at radius 3 is 2.41 bits per heavy atom. The molecule has 4 amide bonds. The van der Waals surface area contributed by atoms with Crippen molar-refractivity contribution in [3.63, 3.8) is 0 Å². The lowest BCUT2D eigenvalue weighted by Gasteiger charge is -2.49. The van der Waals surface area contributed by atoms with Crippen LogP contribution < -0.4 is 9.64 Å². The molecule has 2 aromatic carbocycles. The van der Waals surface area contributed by atoms with Crippen LogP contribution >= 0.6 is 45.8 Å². The maximum Gasteiger partial charge on any atom is 0.253 e. The van der Waals surface area contributed by atoms with E-state index < -0.39 is 45.2 Å². The smallest absolute Gasteiger partial charge is 0.253 e. The number of carbonyl (C=O) groups excluding carboxylic acids is 4. The third kappa shape index (κ3) is 3.91. The van der Waals surface area contributed by atoms with Crippen molar-refractivity contribution in [2.24, 2.45) is 23.7 Å². The zero-order valence-electron chi connectivity index (χ0n) is 22.0. The number of imide groups is 2. The van der Waals surface area contributed by atoms with E-state index in [1.54, 1.807) is 36.4 Å². The molecule has 2 aliphatic carbocycles. The predicted molar refractivity (Wildman–Crippen MR) is 162 cm³/mol. The van der Waals surface area contributed by atoms with Crippen molar-refractivity contribution < 1.29 is 29.0 Å². The van der Waals surface area contributed by atoms with Crippen LogP contribution in [-0.2, 0) is 19.2 Å². The molecule has 8 nitrogen and oxygen atoms in total. The minimum absolute atomic E-state index is 0.0303. The fourth-order valence-corrected chi connectivity index (χ4v) is 8.18. The van der Waals surface area contributed by atoms with E-state index in [2.05, 4.69) is 22.6 Å². The number of fused-ring (bicyclic) bond motifs is 4. The Morgan fingerprint density at radius 2 is 1.73 bits per heavy atom. The van der Waals surface area contributed by atoms with Gasteiger partial charge in [0.15, 0.2) is 21.2 Å². The number of nitrogens with zero attached hydrogens (tertiary/aromatic N) is 2. The number of hydrogen-bond acceptors (Lipinski definition) is 6. The summed E-state index contributed by atoms with van der Waals surface area (Å²) in [5.74, 6) is -4.47. The third-order valence-electron chi connectivity index (χ3n) is 8.84. The van der Waals surface area contributed by atoms with Crippen LogP contribution in [0.25, 0.3) is 6.08 Å². The molecule has 0 aromatic heterocycles. The maximum absolute atomic E-state index is 13.9. The first-order valence-corrected chi connectivity index (χ1v) is 14.9. The van der Waals surface area contributed by atoms with Crippen LogP contribution in [0.15, 0.2) is 60.2 Å². The Labute approximate surface area is 260 Å². The van der Waals surface area contributed by atoms with Crippen molar-refractivity contribution in [3.05, 3.63) is 69.3 Å². The number of hydrogen-bond donors (Lipinski definition) is 1. The van der Waals surface area contributed by atoms with E-state index in [0.29, 0.717) is 23.2 Å². The summed E-state index contributed by atoms with van der Waals surface area (Å²) in [6, 6.07) is 11.9. The van der Waals surface area contributed by atoms with E-state index in [-0.39, 0.29) is 29.7 Å². The fraction of sp³-hybridized carbons (Fsp3) is 0.333. The molecule has 1 saturated carbocycles. The summed E-state index contributed by atoms with van der Waals surface area (Å²) in [6.45, 7) is 0. The number of phenols is 1. The van der Waals surface area contributed by atoms with Crippen molar-refractivity contribution in [3.8, 4) is 11.5 Å². The Bertz CT molecular complexity index is 1580. The standard InChI is InChI=1S/C30H25Cl2IN2O6/c1-34-27(39)29(31)14-20-18(9-10-19-24(20)26(38)35(25(19)37)17-7-5-16(33)6-8-17)21(30(29,32)28(34)40)11-3-15-4-12-22(36)23(13-15)41-2/h3-9,11-13,19-21,24,36H,10,14H2,1-2H3. The number of ether oxygens (including phenoxy) is 1. The molecule has 0 spiro atoms. The summed E-state index contributed by atoms with van der Waals surface area (Å²) in [5, 5.41) is 10.00. The quantitative estimate of drug-likeness (QED) is 0.213. The van der Waals surface area contributed by atoms with Crippen molar-refractivity contribution in [1.82, 2.24) is 4.90 Å². The van der Waals surface area contributed by atoms with Crippen LogP contribution in [0, 0.1) is 27.2 Å². The maximum atomic E-state index is 13.9. The van der Waals surface area contributed by atoms with Gasteiger partial charge in [0.2, 0.25) is 11.8 Å². The molecule has 2 saturated heterocycles. The largest absolute Gasteiger partial charge is 0.504 e. The van der Waals surface area contributed by atoms with Gasteiger partial charge in [-0.25, -0.2) is 0 Å². The normalized spacial score (nSPS) is 32.8. The number of allylic oxidation sites excluding steroid dienone is 3. The third-order valence-corrected chi connectivity index (χ3v) is 11.0. The molecule has 6 unspecified atom stereocenters. The first-order valence-electron chi connectivity index (χ1n) is 13.0. The van der Waals surface area contributed by atoms with Gasteiger partial charge in [-0.2, -0.15) is 0 Å². The van der Waals surface area contributed by atoms with E-state index in [0.717, 1.165) is 8.47 Å². The summed E-state index contributed by atoms with van der Waals surface area (Å²) in [7, 11) is 2.79. The van der Waals surface area contributed by atoms with Crippen LogP contribution in [0.4, 0.5) is 5.69 Å². The molecule has 11 heteroatoms. The molecule has 2 aliphatic heterocycles. The van der Waals surface area contributed by atoms with Gasteiger partial charge in [0.25, 0.3) is 11.8 Å². The minimum atomic E-state index is -1.84. The zero-order valence-corrected chi connectivity index (χ0v) is 25.7. The molecule has 3 fully saturated rings. The summed E-state index contributed by atoms with van der Waals surface area (Å²) in [6.07, 6.45) is 5.56. The van der Waals surface area contributed by atoms with Crippen molar-refractivity contribution in [2.45, 2.75) is 22.6 Å². The monoisotopic (exact) mass is 706 g/mol. The fourth-order valence-electron chi connectivity index (χ4n) is 6.84. The molecule has 0 bridgehead atoms. The number of benzene rings is 2. The van der Waals surface area contributed by atoms with E-state index in [1.165, 1.54) is 25.1 Å². The molecular formula is C30H25Cl2IN2O6. The highest BCUT2D eigenvalue weighted by molar-refractivity contribution is 14.1. The molecular weight excluding hydrogens is 682 g/mol. The average Bonchev–Trinajstić information content (AvgIpc) is 3.28. The van der Waals surface area contributed by atoms with Gasteiger partial charge in [0.1, 0.15) is 0 Å². The van der Waals surface area contributed by atoms with E-state index in [1.807, 2.05) is 18.2 Å². The second kappa shape index (κ2) is 9.84. The number of likely N-dealkylation sites (tertiary alicyclic amines) is 1. The molecule has 0 radical (unpaired) electrons. The first kappa shape index (κ1) is 28.2. The number of methoxy groups -OCH3 is 1. The SMILES string of the molecule is COc1cc(C=CC2C3=CCC4C(=O)N(c5ccc(I)cc5)C(=O)C4C3CC3(Cl)C(=O)N(C)C(=O)C23Cl)ccc1O. The number of anilines is 1. The Kier molecular flexibility index (Phi) is 6.78. The molecule has 41 heavy (non-hydrogen) atoms. The lowest BCUT2D eigenvalue weighted by molar-refractivity contribution is -0.138. The number of phenolic OH excluding ortho intramolecular Hbond substituents is 1. The van der Waals surface area contributed by atoms with E-state index >= 15 is 0 Å². The summed E-state index contributed by atoms with van der Waals surface area (Å²) >= 11 is 16.4. The van der Waals surface area contributed by atoms with Gasteiger partial charge in [-0.3, -0.25) is 29.0 Å². The second-order valence-corrected chi connectivity index (χ2v) is 13.3. The van der Waals surface area contributed by atoms with Crippen molar-refractivity contribution in [2.75, 3.05) is 19.1 Å². The molecule has 2 aromatic rings. The number of rotatable bonds is 4. The molecule has 4 aliphatic rings. The van der Waals surface area contributed by atoms with Crippen LogP contribution in [0.3, 0.4) is 0 Å². The van der Waals surface area contributed by atoms with Crippen molar-refractivity contribution >= 4 is 81.2 Å². The van der Waals surface area contributed by atoms with Gasteiger partial charge >= 0.3 is 0 Å².